The first kappa shape index (κ1) is 8.08. The zero-order valence-corrected chi connectivity index (χ0v) is 5.91. The summed E-state index contributed by atoms with van der Waals surface area (Å²) in [5.74, 6) is 0. The van der Waals surface area contributed by atoms with E-state index in [0.29, 0.717) is 0 Å². The van der Waals surface area contributed by atoms with Gasteiger partial charge in [-0.2, -0.15) is 0 Å². The van der Waals surface area contributed by atoms with Crippen LogP contribution < -0.4 is 0 Å². The molecule has 0 atom stereocenters. The predicted molar refractivity (Wildman–Crippen MR) is 42.3 cm³/mol. The molecular weight excluding hydrogens is 112 g/mol. The normalized spacial score (nSPS) is 12.7. The molecular formula is C7H12N2. The highest BCUT2D eigenvalue weighted by molar-refractivity contribution is 5.70. The quantitative estimate of drug-likeness (QED) is 0.310. The Hall–Kier alpha value is -0.920. The number of hydrogen-bond acceptors (Lipinski definition) is 1. The van der Waals surface area contributed by atoms with E-state index in [4.69, 9.17) is 0 Å². The first-order valence-electron chi connectivity index (χ1n) is 2.99. The molecule has 0 unspecified atom stereocenters. The van der Waals surface area contributed by atoms with E-state index in [-0.39, 0.29) is 0 Å². The van der Waals surface area contributed by atoms with Crippen molar-refractivity contribution in [1.82, 2.24) is 0 Å². The van der Waals surface area contributed by atoms with Crippen LogP contribution in [0.3, 0.4) is 0 Å². The molecule has 0 bridgehead atoms. The Morgan fingerprint density at radius 2 is 2.11 bits per heavy atom. The summed E-state index contributed by atoms with van der Waals surface area (Å²) in [7, 11) is 0. The minimum absolute atomic E-state index is 0.730. The zero-order chi connectivity index (χ0) is 6.95. The minimum atomic E-state index is 0.730. The van der Waals surface area contributed by atoms with Crippen molar-refractivity contribution in [3.63, 3.8) is 0 Å². The van der Waals surface area contributed by atoms with E-state index in [1.54, 1.807) is 12.6 Å². The lowest BCUT2D eigenvalue weighted by Gasteiger charge is -1.77. The molecule has 0 heterocycles. The van der Waals surface area contributed by atoms with Crippen LogP contribution in [0.1, 0.15) is 13.8 Å². The summed E-state index contributed by atoms with van der Waals surface area (Å²) in [4.78, 5) is 7.73. The highest BCUT2D eigenvalue weighted by Gasteiger charge is 1.64. The van der Waals surface area contributed by atoms with Gasteiger partial charge in [-0.15, -0.1) is 0 Å². The van der Waals surface area contributed by atoms with Gasteiger partial charge in [0.1, 0.15) is 6.34 Å². The Labute approximate surface area is 56.0 Å². The first-order chi connectivity index (χ1) is 4.41. The molecule has 0 radical (unpaired) electrons. The van der Waals surface area contributed by atoms with E-state index in [0.717, 1.165) is 6.54 Å². The Kier molecular flexibility index (Phi) is 6.36. The maximum atomic E-state index is 3.94. The molecule has 0 aliphatic heterocycles. The van der Waals surface area contributed by atoms with E-state index in [1.807, 2.05) is 26.0 Å². The van der Waals surface area contributed by atoms with Gasteiger partial charge in [0.15, 0.2) is 0 Å². The van der Waals surface area contributed by atoms with E-state index in [2.05, 4.69) is 9.98 Å². The molecule has 0 spiro atoms. The Morgan fingerprint density at radius 1 is 1.33 bits per heavy atom. The molecule has 9 heavy (non-hydrogen) atoms. The zero-order valence-electron chi connectivity index (χ0n) is 5.91. The predicted octanol–water partition coefficient (Wildman–Crippen LogP) is 1.68. The second-order valence-corrected chi connectivity index (χ2v) is 1.46. The molecule has 0 aliphatic rings. The third-order valence-corrected chi connectivity index (χ3v) is 0.744. The molecule has 0 amide bonds. The fourth-order valence-corrected chi connectivity index (χ4v) is 0.327. The maximum absolute atomic E-state index is 3.94. The molecule has 0 aromatic heterocycles. The molecule has 0 saturated carbocycles. The van der Waals surface area contributed by atoms with Crippen molar-refractivity contribution in [3.8, 4) is 0 Å². The summed E-state index contributed by atoms with van der Waals surface area (Å²) >= 11 is 0. The van der Waals surface area contributed by atoms with Crippen LogP contribution in [-0.4, -0.2) is 19.1 Å². The van der Waals surface area contributed by atoms with Crippen LogP contribution in [0, 0.1) is 0 Å². The highest BCUT2D eigenvalue weighted by atomic mass is 14.8. The summed E-state index contributed by atoms with van der Waals surface area (Å²) in [5, 5.41) is 0. The van der Waals surface area contributed by atoms with Crippen LogP contribution >= 0.6 is 0 Å². The molecule has 50 valence electrons. The van der Waals surface area contributed by atoms with Crippen LogP contribution in [0.4, 0.5) is 0 Å². The molecule has 0 aliphatic carbocycles. The average Bonchev–Trinajstić information content (AvgIpc) is 1.89. The van der Waals surface area contributed by atoms with Gasteiger partial charge < -0.3 is 0 Å². The van der Waals surface area contributed by atoms with Crippen LogP contribution in [-0.2, 0) is 0 Å². The van der Waals surface area contributed by atoms with Gasteiger partial charge in [-0.1, -0.05) is 12.2 Å². The summed E-state index contributed by atoms with van der Waals surface area (Å²) in [6, 6.07) is 0. The van der Waals surface area contributed by atoms with Gasteiger partial charge in [-0.05, 0) is 13.8 Å². The van der Waals surface area contributed by atoms with Gasteiger partial charge in [0.25, 0.3) is 0 Å². The van der Waals surface area contributed by atoms with Crippen molar-refractivity contribution in [2.45, 2.75) is 13.8 Å². The monoisotopic (exact) mass is 124 g/mol. The number of allylic oxidation sites excluding steroid dienone is 1. The summed E-state index contributed by atoms with van der Waals surface area (Å²) < 4.78 is 0. The van der Waals surface area contributed by atoms with Gasteiger partial charge in [-0.3, -0.25) is 4.99 Å². The van der Waals surface area contributed by atoms with Gasteiger partial charge >= 0.3 is 0 Å². The fraction of sp³-hybridized carbons (Fsp3) is 0.429. The van der Waals surface area contributed by atoms with Crippen molar-refractivity contribution in [3.05, 3.63) is 12.2 Å². The van der Waals surface area contributed by atoms with E-state index in [1.165, 1.54) is 0 Å². The second kappa shape index (κ2) is 7.08. The largest absolute Gasteiger partial charge is 0.269 e. The van der Waals surface area contributed by atoms with Gasteiger partial charge in [0, 0.05) is 6.21 Å². The van der Waals surface area contributed by atoms with Gasteiger partial charge in [0.05, 0.1) is 6.54 Å². The standard InChI is InChI=1S/C7H12N2/c1-3-5-6-9-7-8-4-2/h3-5,7H,6H2,1-2H3/b5-3+,8-4?,9-7?. The highest BCUT2D eigenvalue weighted by Crippen LogP contribution is 1.72. The average molecular weight is 124 g/mol. The maximum Gasteiger partial charge on any atom is 0.109 e. The Balaban J connectivity index is 3.25. The molecule has 2 heteroatoms. The third-order valence-electron chi connectivity index (χ3n) is 0.744. The summed E-state index contributed by atoms with van der Waals surface area (Å²) in [6.45, 7) is 4.56. The molecule has 0 aromatic rings. The van der Waals surface area contributed by atoms with Crippen molar-refractivity contribution in [2.24, 2.45) is 9.98 Å². The lowest BCUT2D eigenvalue weighted by atomic mass is 10.5. The van der Waals surface area contributed by atoms with Gasteiger partial charge in [0.2, 0.25) is 0 Å². The smallest absolute Gasteiger partial charge is 0.109 e. The lowest BCUT2D eigenvalue weighted by molar-refractivity contribution is 1.24. The topological polar surface area (TPSA) is 24.7 Å². The van der Waals surface area contributed by atoms with Crippen molar-refractivity contribution in [1.29, 1.82) is 0 Å². The minimum Gasteiger partial charge on any atom is -0.269 e. The van der Waals surface area contributed by atoms with E-state index < -0.39 is 0 Å². The van der Waals surface area contributed by atoms with Crippen LogP contribution in [0.5, 0.6) is 0 Å². The van der Waals surface area contributed by atoms with Crippen molar-refractivity contribution < 1.29 is 0 Å². The Bertz CT molecular complexity index is 123. The first-order valence-corrected chi connectivity index (χ1v) is 2.99. The SMILES string of the molecule is CC=NC=NC/C=C/C. The number of nitrogens with zero attached hydrogens (tertiary/aromatic N) is 2. The van der Waals surface area contributed by atoms with E-state index in [9.17, 15) is 0 Å². The molecule has 0 aromatic carbocycles. The number of rotatable bonds is 3. The van der Waals surface area contributed by atoms with Crippen molar-refractivity contribution in [2.75, 3.05) is 6.54 Å². The lowest BCUT2D eigenvalue weighted by Crippen LogP contribution is -1.72. The van der Waals surface area contributed by atoms with Gasteiger partial charge in [-0.25, -0.2) is 4.99 Å². The summed E-state index contributed by atoms with van der Waals surface area (Å²) in [6.07, 6.45) is 7.20. The van der Waals surface area contributed by atoms with Crippen LogP contribution in [0.15, 0.2) is 22.1 Å². The second-order valence-electron chi connectivity index (χ2n) is 1.46. The Morgan fingerprint density at radius 3 is 2.67 bits per heavy atom. The molecule has 0 N–H and O–H groups in total. The molecule has 0 fully saturated rings. The number of hydrogen-bond donors (Lipinski definition) is 0. The van der Waals surface area contributed by atoms with Crippen molar-refractivity contribution >= 4 is 12.6 Å². The fourth-order valence-electron chi connectivity index (χ4n) is 0.327. The molecule has 2 nitrogen and oxygen atoms in total. The third kappa shape index (κ3) is 7.08. The number of aliphatic imine (C=N–C) groups is 2. The molecule has 0 saturated heterocycles. The summed E-state index contributed by atoms with van der Waals surface area (Å²) in [5.41, 5.74) is 0. The van der Waals surface area contributed by atoms with E-state index >= 15 is 0 Å². The molecule has 0 rings (SSSR count). The van der Waals surface area contributed by atoms with Crippen LogP contribution in [0.25, 0.3) is 0 Å². The van der Waals surface area contributed by atoms with Crippen LogP contribution in [0.2, 0.25) is 0 Å².